The highest BCUT2D eigenvalue weighted by Crippen LogP contribution is 2.89. The lowest BCUT2D eigenvalue weighted by molar-refractivity contribution is -0.327. The number of ether oxygens (including phenoxy) is 2. The molecule has 5 heteroatoms. The first-order valence-electron chi connectivity index (χ1n) is 14.6. The molecule has 5 nitrogen and oxygen atoms in total. The monoisotopic (exact) mass is 488 g/mol. The van der Waals surface area contributed by atoms with Crippen molar-refractivity contribution in [2.45, 2.75) is 136 Å². The molecule has 2 spiro atoms. The van der Waals surface area contributed by atoms with Crippen molar-refractivity contribution in [3.05, 3.63) is 0 Å². The van der Waals surface area contributed by atoms with Crippen molar-refractivity contribution in [1.82, 2.24) is 0 Å². The molecular formula is C30H48O5. The second kappa shape index (κ2) is 6.33. The van der Waals surface area contributed by atoms with Crippen LogP contribution >= 0.6 is 0 Å². The second-order valence-electron chi connectivity index (χ2n) is 15.9. The first-order valence-corrected chi connectivity index (χ1v) is 14.6. The molecule has 7 aliphatic rings. The van der Waals surface area contributed by atoms with Crippen LogP contribution < -0.4 is 0 Å². The Balaban J connectivity index is 1.28. The Labute approximate surface area is 211 Å². The number of hydrogen-bond donors (Lipinski definition) is 3. The maximum absolute atomic E-state index is 12.3. The molecule has 0 radical (unpaired) electrons. The van der Waals surface area contributed by atoms with Gasteiger partial charge in [0.05, 0.1) is 17.8 Å². The van der Waals surface area contributed by atoms with Crippen molar-refractivity contribution < 1.29 is 24.8 Å². The number of rotatable bonds is 1. The molecule has 35 heavy (non-hydrogen) atoms. The normalized spacial score (nSPS) is 65.3. The van der Waals surface area contributed by atoms with Gasteiger partial charge in [0.1, 0.15) is 12.2 Å². The van der Waals surface area contributed by atoms with Gasteiger partial charge in [-0.3, -0.25) is 0 Å². The summed E-state index contributed by atoms with van der Waals surface area (Å²) in [6, 6.07) is 0. The lowest BCUT2D eigenvalue weighted by Crippen LogP contribution is -2.60. The summed E-state index contributed by atoms with van der Waals surface area (Å²) in [5, 5.41) is 35.4. The minimum atomic E-state index is -1.51. The lowest BCUT2D eigenvalue weighted by Gasteiger charge is -2.63. The first kappa shape index (κ1) is 23.9. The third-order valence-electron chi connectivity index (χ3n) is 14.2. The third kappa shape index (κ3) is 2.38. The van der Waals surface area contributed by atoms with Gasteiger partial charge in [0, 0.05) is 11.3 Å². The smallest absolute Gasteiger partial charge is 0.196 e. The predicted molar refractivity (Wildman–Crippen MR) is 132 cm³/mol. The van der Waals surface area contributed by atoms with Crippen molar-refractivity contribution in [1.29, 1.82) is 0 Å². The van der Waals surface area contributed by atoms with Crippen LogP contribution in [0.4, 0.5) is 0 Å². The average molecular weight is 489 g/mol. The summed E-state index contributed by atoms with van der Waals surface area (Å²) in [7, 11) is 0. The Morgan fingerprint density at radius 3 is 2.09 bits per heavy atom. The van der Waals surface area contributed by atoms with E-state index >= 15 is 0 Å². The fourth-order valence-corrected chi connectivity index (χ4v) is 12.5. The lowest BCUT2D eigenvalue weighted by atomic mass is 9.41. The van der Waals surface area contributed by atoms with E-state index < -0.39 is 11.9 Å². The van der Waals surface area contributed by atoms with Gasteiger partial charge in [-0.05, 0) is 105 Å². The summed E-state index contributed by atoms with van der Waals surface area (Å²) in [5.74, 6) is -0.366. The van der Waals surface area contributed by atoms with E-state index in [4.69, 9.17) is 9.47 Å². The van der Waals surface area contributed by atoms with Crippen LogP contribution in [-0.4, -0.2) is 51.1 Å². The van der Waals surface area contributed by atoms with Gasteiger partial charge in [-0.15, -0.1) is 0 Å². The van der Waals surface area contributed by atoms with Crippen LogP contribution in [-0.2, 0) is 9.47 Å². The van der Waals surface area contributed by atoms with Crippen LogP contribution in [0.15, 0.2) is 0 Å². The first-order chi connectivity index (χ1) is 16.1. The van der Waals surface area contributed by atoms with Crippen molar-refractivity contribution in [2.75, 3.05) is 0 Å². The summed E-state index contributed by atoms with van der Waals surface area (Å²) < 4.78 is 12.5. The summed E-state index contributed by atoms with van der Waals surface area (Å²) in [5.41, 5.74) is -0.254. The number of fused-ring (bicyclic) bond motifs is 4. The molecule has 0 amide bonds. The van der Waals surface area contributed by atoms with Crippen molar-refractivity contribution in [2.24, 2.45) is 50.7 Å². The van der Waals surface area contributed by atoms with E-state index in [1.54, 1.807) is 0 Å². The molecule has 5 aliphatic carbocycles. The minimum absolute atomic E-state index is 0.00487. The minimum Gasteiger partial charge on any atom is -0.393 e. The van der Waals surface area contributed by atoms with Crippen LogP contribution in [0.1, 0.15) is 99.8 Å². The topological polar surface area (TPSA) is 82.5 Å². The van der Waals surface area contributed by atoms with E-state index in [0.717, 1.165) is 38.5 Å². The van der Waals surface area contributed by atoms with Gasteiger partial charge in [0.15, 0.2) is 5.79 Å². The SMILES string of the molecule is C[C@@H]1C[C@H]([C@@H]2OC2(C)C)O[C@]2(O)[C@H](O)[C@@]3(C)[C@@H]4CC[C@H]5C(C)(C)[C@@H](O)CC[C@@]56C[C@@]46CC[C@]3(C)[C@@H]12. The molecule has 2 aliphatic heterocycles. The second-order valence-corrected chi connectivity index (χ2v) is 15.9. The zero-order chi connectivity index (χ0) is 25.2. The maximum atomic E-state index is 12.3. The van der Waals surface area contributed by atoms with Crippen molar-refractivity contribution in [3.63, 3.8) is 0 Å². The Bertz CT molecular complexity index is 962. The van der Waals surface area contributed by atoms with Crippen LogP contribution in [0, 0.1) is 50.7 Å². The summed E-state index contributed by atoms with van der Waals surface area (Å²) in [4.78, 5) is 0. The third-order valence-corrected chi connectivity index (χ3v) is 14.2. The molecule has 7 fully saturated rings. The predicted octanol–water partition coefficient (Wildman–Crippen LogP) is 4.66. The number of aliphatic hydroxyl groups is 3. The van der Waals surface area contributed by atoms with E-state index in [0.29, 0.717) is 17.3 Å². The average Bonchev–Trinajstić information content (AvgIpc) is 3.62. The molecular weight excluding hydrogens is 440 g/mol. The zero-order valence-corrected chi connectivity index (χ0v) is 22.9. The van der Waals surface area contributed by atoms with Gasteiger partial charge < -0.3 is 24.8 Å². The number of epoxide rings is 1. The molecule has 3 N–H and O–H groups in total. The molecule has 0 aromatic heterocycles. The van der Waals surface area contributed by atoms with Crippen LogP contribution in [0.25, 0.3) is 0 Å². The molecule has 7 rings (SSSR count). The largest absolute Gasteiger partial charge is 0.393 e. The summed E-state index contributed by atoms with van der Waals surface area (Å²) in [6.07, 6.45) is 7.34. The number of hydrogen-bond acceptors (Lipinski definition) is 5. The van der Waals surface area contributed by atoms with Crippen LogP contribution in [0.5, 0.6) is 0 Å². The fourth-order valence-electron chi connectivity index (χ4n) is 12.5. The van der Waals surface area contributed by atoms with Crippen LogP contribution in [0.2, 0.25) is 0 Å². The zero-order valence-electron chi connectivity index (χ0n) is 22.9. The summed E-state index contributed by atoms with van der Waals surface area (Å²) >= 11 is 0. The van der Waals surface area contributed by atoms with Crippen molar-refractivity contribution >= 4 is 0 Å². The molecule has 198 valence electrons. The van der Waals surface area contributed by atoms with Crippen LogP contribution in [0.3, 0.4) is 0 Å². The molecule has 0 bridgehead atoms. The van der Waals surface area contributed by atoms with Gasteiger partial charge >= 0.3 is 0 Å². The molecule has 2 heterocycles. The summed E-state index contributed by atoms with van der Waals surface area (Å²) in [6.45, 7) is 15.7. The van der Waals surface area contributed by atoms with E-state index in [-0.39, 0.29) is 57.4 Å². The van der Waals surface area contributed by atoms with Gasteiger partial charge in [-0.1, -0.05) is 34.6 Å². The highest BCUT2D eigenvalue weighted by atomic mass is 16.7. The van der Waals surface area contributed by atoms with E-state index in [9.17, 15) is 15.3 Å². The van der Waals surface area contributed by atoms with Gasteiger partial charge in [0.25, 0.3) is 0 Å². The Hall–Kier alpha value is -0.200. The highest BCUT2D eigenvalue weighted by molar-refractivity contribution is 5.33. The number of aliphatic hydroxyl groups excluding tert-OH is 2. The van der Waals surface area contributed by atoms with Crippen molar-refractivity contribution in [3.8, 4) is 0 Å². The standard InChI is InChI=1S/C30H48O5/c1-16-14-17(22-25(4,5)35-22)34-30(33)21(16)26(6)12-13-29-15-28(29)11-10-20(31)24(2,3)18(28)8-9-19(29)27(26,7)23(30)32/h16-23,31-33H,8-15H2,1-7H3/t16-,17-,18+,19+,20+,21-,22+,23-,26-,27-,28-,29+,30+/m1/s1. The molecule has 2 saturated heterocycles. The van der Waals surface area contributed by atoms with E-state index in [2.05, 4.69) is 48.5 Å². The van der Waals surface area contributed by atoms with Gasteiger partial charge in [-0.2, -0.15) is 0 Å². The molecule has 0 aromatic carbocycles. The van der Waals surface area contributed by atoms with E-state index in [1.165, 1.54) is 12.8 Å². The molecule has 0 aromatic rings. The Kier molecular flexibility index (Phi) is 4.32. The Morgan fingerprint density at radius 1 is 0.800 bits per heavy atom. The fraction of sp³-hybridized carbons (Fsp3) is 1.00. The van der Waals surface area contributed by atoms with Gasteiger partial charge in [0.2, 0.25) is 0 Å². The maximum Gasteiger partial charge on any atom is 0.196 e. The molecule has 0 unspecified atom stereocenters. The molecule has 13 atom stereocenters. The Morgan fingerprint density at radius 2 is 1.43 bits per heavy atom. The van der Waals surface area contributed by atoms with Gasteiger partial charge in [-0.25, -0.2) is 0 Å². The molecule has 5 saturated carbocycles. The highest BCUT2D eigenvalue weighted by Gasteiger charge is 2.86. The van der Waals surface area contributed by atoms with E-state index in [1.807, 2.05) is 0 Å². The quantitative estimate of drug-likeness (QED) is 0.468.